The van der Waals surface area contributed by atoms with Crippen LogP contribution in [0.1, 0.15) is 35.6 Å². The summed E-state index contributed by atoms with van der Waals surface area (Å²) >= 11 is 0. The van der Waals surface area contributed by atoms with Crippen LogP contribution < -0.4 is 5.32 Å². The molecule has 1 unspecified atom stereocenters. The molecule has 5 nitrogen and oxygen atoms in total. The third-order valence-corrected chi connectivity index (χ3v) is 2.36. The molecule has 17 heavy (non-hydrogen) atoms. The molecule has 0 radical (unpaired) electrons. The highest BCUT2D eigenvalue weighted by molar-refractivity contribution is 5.95. The van der Waals surface area contributed by atoms with E-state index in [1.165, 1.54) is 0 Å². The monoisotopic (exact) mass is 232 g/mol. The number of nitrogens with one attached hydrogen (secondary N) is 1. The van der Waals surface area contributed by atoms with Crippen LogP contribution in [0.2, 0.25) is 0 Å². The van der Waals surface area contributed by atoms with Gasteiger partial charge in [0.15, 0.2) is 0 Å². The van der Waals surface area contributed by atoms with Crippen molar-refractivity contribution in [1.29, 1.82) is 5.26 Å². The Morgan fingerprint density at radius 3 is 2.88 bits per heavy atom. The molecule has 0 saturated heterocycles. The third-order valence-electron chi connectivity index (χ3n) is 2.36. The van der Waals surface area contributed by atoms with Crippen molar-refractivity contribution in [1.82, 2.24) is 15.5 Å². The van der Waals surface area contributed by atoms with E-state index in [9.17, 15) is 4.79 Å². The SMILES string of the molecule is CCc1nnc(C)cc1C(=O)NCC(C)C#N. The Hall–Kier alpha value is -1.96. The molecule has 0 saturated carbocycles. The Kier molecular flexibility index (Phi) is 4.58. The molecule has 5 heteroatoms. The Balaban J connectivity index is 2.81. The van der Waals surface area contributed by atoms with Crippen molar-refractivity contribution in [3.63, 3.8) is 0 Å². The summed E-state index contributed by atoms with van der Waals surface area (Å²) in [5.74, 6) is -0.387. The van der Waals surface area contributed by atoms with Crippen molar-refractivity contribution in [3.8, 4) is 6.07 Å². The van der Waals surface area contributed by atoms with E-state index >= 15 is 0 Å². The standard InChI is InChI=1S/C12H16N4O/c1-4-11-10(5-9(3)15-16-11)12(17)14-7-8(2)6-13/h5,8H,4,7H2,1-3H3,(H,14,17). The first-order chi connectivity index (χ1) is 8.08. The van der Waals surface area contributed by atoms with Crippen LogP contribution in [0, 0.1) is 24.2 Å². The van der Waals surface area contributed by atoms with Crippen LogP contribution in [-0.4, -0.2) is 22.6 Å². The zero-order valence-electron chi connectivity index (χ0n) is 10.3. The molecule has 0 aliphatic heterocycles. The lowest BCUT2D eigenvalue weighted by atomic mass is 10.1. The van der Waals surface area contributed by atoms with Crippen molar-refractivity contribution in [2.24, 2.45) is 5.92 Å². The number of rotatable bonds is 4. The van der Waals surface area contributed by atoms with Crippen LogP contribution in [0.15, 0.2) is 6.07 Å². The molecule has 0 aromatic carbocycles. The maximum Gasteiger partial charge on any atom is 0.253 e. The van der Waals surface area contributed by atoms with Crippen LogP contribution >= 0.6 is 0 Å². The molecule has 1 amide bonds. The van der Waals surface area contributed by atoms with Gasteiger partial charge in [-0.25, -0.2) is 0 Å². The van der Waals surface area contributed by atoms with Crippen molar-refractivity contribution in [2.75, 3.05) is 6.54 Å². The highest BCUT2D eigenvalue weighted by Crippen LogP contribution is 2.07. The maximum atomic E-state index is 11.9. The molecule has 1 rings (SSSR count). The number of nitriles is 1. The number of carbonyl (C=O) groups is 1. The van der Waals surface area contributed by atoms with Gasteiger partial charge in [0.1, 0.15) is 0 Å². The van der Waals surface area contributed by atoms with Gasteiger partial charge in [0.25, 0.3) is 5.91 Å². The second kappa shape index (κ2) is 5.94. The van der Waals surface area contributed by atoms with Gasteiger partial charge in [-0.15, -0.1) is 0 Å². The summed E-state index contributed by atoms with van der Waals surface area (Å²) in [5.41, 5.74) is 1.93. The minimum Gasteiger partial charge on any atom is -0.351 e. The van der Waals surface area contributed by atoms with Crippen molar-refractivity contribution in [2.45, 2.75) is 27.2 Å². The van der Waals surface area contributed by atoms with E-state index in [2.05, 4.69) is 21.6 Å². The van der Waals surface area contributed by atoms with E-state index in [0.717, 1.165) is 0 Å². The second-order valence-electron chi connectivity index (χ2n) is 3.94. The number of amides is 1. The second-order valence-corrected chi connectivity index (χ2v) is 3.94. The summed E-state index contributed by atoms with van der Waals surface area (Å²) in [6.45, 7) is 5.83. The molecule has 0 fully saturated rings. The molecule has 0 aliphatic carbocycles. The summed E-state index contributed by atoms with van der Waals surface area (Å²) in [4.78, 5) is 11.9. The molecule has 0 spiro atoms. The molecule has 90 valence electrons. The molecular formula is C12H16N4O. The molecule has 0 aliphatic rings. The Morgan fingerprint density at radius 2 is 2.29 bits per heavy atom. The van der Waals surface area contributed by atoms with E-state index in [4.69, 9.17) is 5.26 Å². The molecule has 1 N–H and O–H groups in total. The quantitative estimate of drug-likeness (QED) is 0.847. The number of carbonyl (C=O) groups excluding carboxylic acids is 1. The highest BCUT2D eigenvalue weighted by atomic mass is 16.1. The summed E-state index contributed by atoms with van der Waals surface area (Å²) in [6.07, 6.45) is 0.657. The lowest BCUT2D eigenvalue weighted by molar-refractivity contribution is 0.0949. The lowest BCUT2D eigenvalue weighted by Gasteiger charge is -2.09. The Labute approximate surface area is 101 Å². The predicted octanol–water partition coefficient (Wildman–Crippen LogP) is 1.24. The summed E-state index contributed by atoms with van der Waals surface area (Å²) in [6, 6.07) is 3.79. The largest absolute Gasteiger partial charge is 0.351 e. The van der Waals surface area contributed by atoms with E-state index in [1.807, 2.05) is 6.92 Å². The molecule has 1 atom stereocenters. The number of hydrogen-bond acceptors (Lipinski definition) is 4. The average Bonchev–Trinajstić information content (AvgIpc) is 2.35. The first-order valence-electron chi connectivity index (χ1n) is 5.59. The first-order valence-corrected chi connectivity index (χ1v) is 5.59. The summed E-state index contributed by atoms with van der Waals surface area (Å²) < 4.78 is 0. The number of hydrogen-bond donors (Lipinski definition) is 1. The fourth-order valence-corrected chi connectivity index (χ4v) is 1.36. The van der Waals surface area contributed by atoms with E-state index < -0.39 is 0 Å². The van der Waals surface area contributed by atoms with Gasteiger partial charge in [-0.05, 0) is 26.3 Å². The molecule has 1 heterocycles. The van der Waals surface area contributed by atoms with Gasteiger partial charge in [-0.1, -0.05) is 6.92 Å². The first kappa shape index (κ1) is 13.1. The molecule has 0 bridgehead atoms. The van der Waals surface area contributed by atoms with Gasteiger partial charge >= 0.3 is 0 Å². The normalized spacial score (nSPS) is 11.6. The average molecular weight is 232 g/mol. The Bertz CT molecular complexity index is 450. The number of aryl methyl sites for hydroxylation is 2. The minimum absolute atomic E-state index is 0.193. The van der Waals surface area contributed by atoms with Gasteiger partial charge < -0.3 is 5.32 Å². The highest BCUT2D eigenvalue weighted by Gasteiger charge is 2.13. The topological polar surface area (TPSA) is 78.7 Å². The number of nitrogens with zero attached hydrogens (tertiary/aromatic N) is 3. The van der Waals surface area contributed by atoms with Crippen molar-refractivity contribution < 1.29 is 4.79 Å². The van der Waals surface area contributed by atoms with Crippen molar-refractivity contribution >= 4 is 5.91 Å². The number of aromatic nitrogens is 2. The summed E-state index contributed by atoms with van der Waals surface area (Å²) in [7, 11) is 0. The Morgan fingerprint density at radius 1 is 1.59 bits per heavy atom. The van der Waals surface area contributed by atoms with Crippen LogP contribution in [-0.2, 0) is 6.42 Å². The van der Waals surface area contributed by atoms with E-state index in [1.54, 1.807) is 19.9 Å². The van der Waals surface area contributed by atoms with Crippen LogP contribution in [0.3, 0.4) is 0 Å². The van der Waals surface area contributed by atoms with E-state index in [-0.39, 0.29) is 11.8 Å². The molecule has 1 aromatic heterocycles. The van der Waals surface area contributed by atoms with Gasteiger partial charge in [-0.2, -0.15) is 15.5 Å². The predicted molar refractivity (Wildman–Crippen MR) is 63.3 cm³/mol. The maximum absolute atomic E-state index is 11.9. The zero-order valence-corrected chi connectivity index (χ0v) is 10.3. The van der Waals surface area contributed by atoms with Gasteiger partial charge in [0, 0.05) is 6.54 Å². The zero-order chi connectivity index (χ0) is 12.8. The smallest absolute Gasteiger partial charge is 0.253 e. The van der Waals surface area contributed by atoms with Gasteiger partial charge in [-0.3, -0.25) is 4.79 Å². The van der Waals surface area contributed by atoms with Gasteiger partial charge in [0.05, 0.1) is 28.9 Å². The fraction of sp³-hybridized carbons (Fsp3) is 0.500. The fourth-order valence-electron chi connectivity index (χ4n) is 1.36. The lowest BCUT2D eigenvalue weighted by Crippen LogP contribution is -2.29. The minimum atomic E-state index is -0.195. The van der Waals surface area contributed by atoms with Crippen molar-refractivity contribution in [3.05, 3.63) is 23.0 Å². The summed E-state index contributed by atoms with van der Waals surface area (Å²) in [5, 5.41) is 19.3. The van der Waals surface area contributed by atoms with Gasteiger partial charge in [0.2, 0.25) is 0 Å². The van der Waals surface area contributed by atoms with Crippen LogP contribution in [0.25, 0.3) is 0 Å². The molecular weight excluding hydrogens is 216 g/mol. The van der Waals surface area contributed by atoms with Crippen LogP contribution in [0.4, 0.5) is 0 Å². The third kappa shape index (κ3) is 3.52. The molecule has 1 aromatic rings. The van der Waals surface area contributed by atoms with E-state index in [0.29, 0.717) is 29.9 Å². The van der Waals surface area contributed by atoms with Crippen LogP contribution in [0.5, 0.6) is 0 Å².